The van der Waals surface area contributed by atoms with Gasteiger partial charge in [0.1, 0.15) is 5.75 Å². The highest BCUT2D eigenvalue weighted by Gasteiger charge is 2.31. The fourth-order valence-electron chi connectivity index (χ4n) is 2.94. The van der Waals surface area contributed by atoms with E-state index in [0.29, 0.717) is 18.0 Å². The molecule has 0 bridgehead atoms. The fraction of sp³-hybridized carbons (Fsp3) is 0.278. The van der Waals surface area contributed by atoms with Gasteiger partial charge in [0.2, 0.25) is 0 Å². The smallest absolute Gasteiger partial charge is 0.416 e. The lowest BCUT2D eigenvalue weighted by molar-refractivity contribution is -0.137. The van der Waals surface area contributed by atoms with Crippen molar-refractivity contribution in [3.8, 4) is 5.75 Å². The SMILES string of the molecule is COc1cccc2c1N(C(=O)c1ccc(C(F)(F)F)cc1)CCC2. The van der Waals surface area contributed by atoms with E-state index in [4.69, 9.17) is 4.74 Å². The van der Waals surface area contributed by atoms with E-state index < -0.39 is 11.7 Å². The number of hydrogen-bond donors (Lipinski definition) is 0. The average molecular weight is 335 g/mol. The van der Waals surface area contributed by atoms with E-state index in [9.17, 15) is 18.0 Å². The van der Waals surface area contributed by atoms with Gasteiger partial charge in [-0.05, 0) is 48.7 Å². The summed E-state index contributed by atoms with van der Waals surface area (Å²) < 4.78 is 43.3. The van der Waals surface area contributed by atoms with Gasteiger partial charge in [-0.2, -0.15) is 13.2 Å². The average Bonchev–Trinajstić information content (AvgIpc) is 2.59. The van der Waals surface area contributed by atoms with Gasteiger partial charge in [0.15, 0.2) is 0 Å². The largest absolute Gasteiger partial charge is 0.495 e. The van der Waals surface area contributed by atoms with Crippen LogP contribution in [0.4, 0.5) is 18.9 Å². The maximum absolute atomic E-state index is 12.8. The number of para-hydroxylation sites is 1. The van der Waals surface area contributed by atoms with Gasteiger partial charge in [0.05, 0.1) is 18.4 Å². The third kappa shape index (κ3) is 2.96. The predicted octanol–water partition coefficient (Wildman–Crippen LogP) is 4.31. The highest BCUT2D eigenvalue weighted by atomic mass is 19.4. The van der Waals surface area contributed by atoms with Crippen LogP contribution in [0.1, 0.15) is 27.9 Å². The minimum absolute atomic E-state index is 0.224. The van der Waals surface area contributed by atoms with Crippen LogP contribution in [0.25, 0.3) is 0 Å². The van der Waals surface area contributed by atoms with Crippen LogP contribution in [-0.2, 0) is 12.6 Å². The van der Waals surface area contributed by atoms with Gasteiger partial charge in [0.25, 0.3) is 5.91 Å². The molecule has 1 aliphatic heterocycles. The molecule has 1 amide bonds. The number of methoxy groups -OCH3 is 1. The first-order valence-corrected chi connectivity index (χ1v) is 7.57. The maximum atomic E-state index is 12.8. The zero-order chi connectivity index (χ0) is 17.3. The van der Waals surface area contributed by atoms with E-state index in [-0.39, 0.29) is 11.5 Å². The van der Waals surface area contributed by atoms with Crippen molar-refractivity contribution in [3.05, 3.63) is 59.2 Å². The highest BCUT2D eigenvalue weighted by molar-refractivity contribution is 6.07. The molecule has 3 nitrogen and oxygen atoms in total. The summed E-state index contributed by atoms with van der Waals surface area (Å²) in [6.07, 6.45) is -2.78. The van der Waals surface area contributed by atoms with Crippen LogP contribution in [0.3, 0.4) is 0 Å². The molecule has 0 radical (unpaired) electrons. The Morgan fingerprint density at radius 1 is 1.12 bits per heavy atom. The molecule has 0 aromatic heterocycles. The van der Waals surface area contributed by atoms with Crippen LogP contribution in [-0.4, -0.2) is 19.6 Å². The summed E-state index contributed by atoms with van der Waals surface area (Å²) >= 11 is 0. The van der Waals surface area contributed by atoms with E-state index in [2.05, 4.69) is 0 Å². The Balaban J connectivity index is 1.95. The molecule has 2 aromatic carbocycles. The van der Waals surface area contributed by atoms with E-state index in [0.717, 1.165) is 30.5 Å². The number of benzene rings is 2. The lowest BCUT2D eigenvalue weighted by atomic mass is 9.99. The standard InChI is InChI=1S/C18H16F3NO2/c1-24-15-6-2-4-12-5-3-11-22(16(12)15)17(23)13-7-9-14(10-8-13)18(19,20)21/h2,4,6-10H,3,5,11H2,1H3. The molecule has 6 heteroatoms. The van der Waals surface area contributed by atoms with Gasteiger partial charge < -0.3 is 9.64 Å². The van der Waals surface area contributed by atoms with Crippen LogP contribution in [0.15, 0.2) is 42.5 Å². The number of fused-ring (bicyclic) bond motifs is 1. The molecule has 0 saturated heterocycles. The summed E-state index contributed by atoms with van der Waals surface area (Å²) in [5.74, 6) is 0.265. The predicted molar refractivity (Wildman–Crippen MR) is 84.4 cm³/mol. The van der Waals surface area contributed by atoms with Crippen molar-refractivity contribution >= 4 is 11.6 Å². The quantitative estimate of drug-likeness (QED) is 0.819. The Kier molecular flexibility index (Phi) is 4.22. The van der Waals surface area contributed by atoms with Crippen molar-refractivity contribution < 1.29 is 22.7 Å². The topological polar surface area (TPSA) is 29.5 Å². The van der Waals surface area contributed by atoms with E-state index >= 15 is 0 Å². The molecule has 1 heterocycles. The molecule has 0 aliphatic carbocycles. The summed E-state index contributed by atoms with van der Waals surface area (Å²) in [5.41, 5.74) is 1.16. The molecule has 0 unspecified atom stereocenters. The Hall–Kier alpha value is -2.50. The molecule has 1 aliphatic rings. The number of carbonyl (C=O) groups excluding carboxylic acids is 1. The number of rotatable bonds is 2. The van der Waals surface area contributed by atoms with E-state index in [1.807, 2.05) is 12.1 Å². The molecule has 3 rings (SSSR count). The molecule has 0 saturated carbocycles. The first-order valence-electron chi connectivity index (χ1n) is 7.57. The Morgan fingerprint density at radius 3 is 2.46 bits per heavy atom. The van der Waals surface area contributed by atoms with Crippen molar-refractivity contribution in [2.45, 2.75) is 19.0 Å². The van der Waals surface area contributed by atoms with Crippen molar-refractivity contribution in [2.24, 2.45) is 0 Å². The van der Waals surface area contributed by atoms with Gasteiger partial charge in [-0.3, -0.25) is 4.79 Å². The molecule has 0 atom stereocenters. The highest BCUT2D eigenvalue weighted by Crippen LogP contribution is 2.37. The number of carbonyl (C=O) groups is 1. The number of hydrogen-bond acceptors (Lipinski definition) is 2. The number of alkyl halides is 3. The minimum Gasteiger partial charge on any atom is -0.495 e. The van der Waals surface area contributed by atoms with E-state index in [1.54, 1.807) is 11.0 Å². The van der Waals surface area contributed by atoms with E-state index in [1.165, 1.54) is 19.2 Å². The number of anilines is 1. The van der Waals surface area contributed by atoms with Crippen molar-refractivity contribution in [1.29, 1.82) is 0 Å². The summed E-state index contributed by atoms with van der Waals surface area (Å²) in [5, 5.41) is 0. The Labute approximate surface area is 137 Å². The molecular weight excluding hydrogens is 319 g/mol. The summed E-state index contributed by atoms with van der Waals surface area (Å²) in [7, 11) is 1.53. The summed E-state index contributed by atoms with van der Waals surface area (Å²) in [6, 6.07) is 9.87. The van der Waals surface area contributed by atoms with Crippen LogP contribution >= 0.6 is 0 Å². The van der Waals surface area contributed by atoms with Gasteiger partial charge >= 0.3 is 6.18 Å². The Bertz CT molecular complexity index is 740. The van der Waals surface area contributed by atoms with Crippen LogP contribution in [0.5, 0.6) is 5.75 Å². The molecule has 24 heavy (non-hydrogen) atoms. The third-order valence-electron chi connectivity index (χ3n) is 4.10. The monoisotopic (exact) mass is 335 g/mol. The summed E-state index contributed by atoms with van der Waals surface area (Å²) in [6.45, 7) is 0.507. The van der Waals surface area contributed by atoms with Crippen molar-refractivity contribution in [1.82, 2.24) is 0 Å². The van der Waals surface area contributed by atoms with Crippen LogP contribution in [0, 0.1) is 0 Å². The second-order valence-corrected chi connectivity index (χ2v) is 5.60. The van der Waals surface area contributed by atoms with Crippen molar-refractivity contribution in [2.75, 3.05) is 18.6 Å². The second-order valence-electron chi connectivity index (χ2n) is 5.60. The number of amides is 1. The molecule has 0 spiro atoms. The maximum Gasteiger partial charge on any atom is 0.416 e. The molecule has 126 valence electrons. The second kappa shape index (κ2) is 6.19. The lowest BCUT2D eigenvalue weighted by Crippen LogP contribution is -2.35. The minimum atomic E-state index is -4.41. The zero-order valence-electron chi connectivity index (χ0n) is 13.1. The molecular formula is C18H16F3NO2. The number of aryl methyl sites for hydroxylation is 1. The zero-order valence-corrected chi connectivity index (χ0v) is 13.1. The lowest BCUT2D eigenvalue weighted by Gasteiger charge is -2.31. The first-order chi connectivity index (χ1) is 11.4. The van der Waals surface area contributed by atoms with Crippen LogP contribution in [0.2, 0.25) is 0 Å². The first kappa shape index (κ1) is 16.4. The normalized spacial score (nSPS) is 14.2. The summed E-state index contributed by atoms with van der Waals surface area (Å²) in [4.78, 5) is 14.4. The number of ether oxygens (including phenoxy) is 1. The van der Waals surface area contributed by atoms with Gasteiger partial charge in [-0.15, -0.1) is 0 Å². The van der Waals surface area contributed by atoms with Crippen LogP contribution < -0.4 is 9.64 Å². The molecule has 0 N–H and O–H groups in total. The number of nitrogens with zero attached hydrogens (tertiary/aromatic N) is 1. The molecule has 0 fully saturated rings. The van der Waals surface area contributed by atoms with Crippen molar-refractivity contribution in [3.63, 3.8) is 0 Å². The third-order valence-corrected chi connectivity index (χ3v) is 4.10. The van der Waals surface area contributed by atoms with Gasteiger partial charge in [0, 0.05) is 12.1 Å². The van der Waals surface area contributed by atoms with Gasteiger partial charge in [-0.25, -0.2) is 0 Å². The molecule has 2 aromatic rings. The van der Waals surface area contributed by atoms with Gasteiger partial charge in [-0.1, -0.05) is 12.1 Å². The number of halogens is 3. The fourth-order valence-corrected chi connectivity index (χ4v) is 2.94. The Morgan fingerprint density at radius 2 is 1.83 bits per heavy atom.